The van der Waals surface area contributed by atoms with Gasteiger partial charge in [-0.2, -0.15) is 9.61 Å². The molecular weight excluding hydrogens is 270 g/mol. The van der Waals surface area contributed by atoms with Gasteiger partial charge in [-0.1, -0.05) is 29.0 Å². The van der Waals surface area contributed by atoms with Crippen LogP contribution in [0, 0.1) is 6.92 Å². The molecule has 0 N–H and O–H groups in total. The summed E-state index contributed by atoms with van der Waals surface area (Å²) in [7, 11) is 0. The molecule has 0 amide bonds. The molecule has 3 rings (SSSR count). The van der Waals surface area contributed by atoms with Crippen molar-refractivity contribution in [3.05, 3.63) is 40.0 Å². The molecule has 0 radical (unpaired) electrons. The van der Waals surface area contributed by atoms with Crippen LogP contribution in [0.2, 0.25) is 5.02 Å². The Balaban J connectivity index is 2.26. The van der Waals surface area contributed by atoms with Crippen molar-refractivity contribution in [3.8, 4) is 11.3 Å². The molecule has 1 aromatic carbocycles. The summed E-state index contributed by atoms with van der Waals surface area (Å²) in [6.07, 6.45) is 0.777. The summed E-state index contributed by atoms with van der Waals surface area (Å²) < 4.78 is 1.55. The molecule has 0 aliphatic carbocycles. The van der Waals surface area contributed by atoms with Crippen LogP contribution in [0.4, 0.5) is 0 Å². The van der Waals surface area contributed by atoms with Gasteiger partial charge in [0.25, 0.3) is 0 Å². The third kappa shape index (κ3) is 1.63. The quantitative estimate of drug-likeness (QED) is 0.676. The standard InChI is InChI=1S/C12H8ClN3OS/c1-7-4-8(2-3-9(7)13)11-10(5-17)16-12(15-11)18-6-14-16/h2-6H,1H3. The molecule has 0 saturated carbocycles. The van der Waals surface area contributed by atoms with Crippen molar-refractivity contribution in [2.75, 3.05) is 0 Å². The molecule has 6 heteroatoms. The Morgan fingerprint density at radius 3 is 3.00 bits per heavy atom. The second-order valence-corrected chi connectivity index (χ2v) is 5.08. The van der Waals surface area contributed by atoms with Crippen molar-refractivity contribution in [1.29, 1.82) is 0 Å². The van der Waals surface area contributed by atoms with Crippen LogP contribution in [-0.2, 0) is 0 Å². The van der Waals surface area contributed by atoms with Gasteiger partial charge in [0, 0.05) is 10.6 Å². The van der Waals surface area contributed by atoms with Crippen molar-refractivity contribution >= 4 is 34.2 Å². The Morgan fingerprint density at radius 1 is 1.44 bits per heavy atom. The number of rotatable bonds is 2. The number of hydrogen-bond acceptors (Lipinski definition) is 4. The molecule has 0 fully saturated rings. The summed E-state index contributed by atoms with van der Waals surface area (Å²) in [6, 6.07) is 5.58. The highest BCUT2D eigenvalue weighted by Crippen LogP contribution is 2.27. The highest BCUT2D eigenvalue weighted by molar-refractivity contribution is 7.14. The first kappa shape index (κ1) is 11.4. The zero-order valence-corrected chi connectivity index (χ0v) is 11.0. The average Bonchev–Trinajstić information content (AvgIpc) is 2.92. The minimum atomic E-state index is 0.466. The molecule has 0 saturated heterocycles. The van der Waals surface area contributed by atoms with E-state index in [1.54, 1.807) is 10.0 Å². The van der Waals surface area contributed by atoms with E-state index in [0.717, 1.165) is 17.4 Å². The summed E-state index contributed by atoms with van der Waals surface area (Å²) in [5, 5.41) is 4.79. The number of benzene rings is 1. The number of aldehydes is 1. The van der Waals surface area contributed by atoms with Gasteiger partial charge >= 0.3 is 0 Å². The first-order chi connectivity index (χ1) is 8.70. The number of halogens is 1. The van der Waals surface area contributed by atoms with Gasteiger partial charge in [-0.25, -0.2) is 4.98 Å². The summed E-state index contributed by atoms with van der Waals surface area (Å²) in [6.45, 7) is 1.92. The van der Waals surface area contributed by atoms with Gasteiger partial charge in [0.1, 0.15) is 16.9 Å². The number of imidazole rings is 1. The van der Waals surface area contributed by atoms with Crippen LogP contribution in [0.1, 0.15) is 16.1 Å². The molecule has 2 heterocycles. The Kier molecular flexibility index (Phi) is 2.65. The highest BCUT2D eigenvalue weighted by atomic mass is 35.5. The first-order valence-electron chi connectivity index (χ1n) is 5.24. The molecular formula is C12H8ClN3OS. The molecule has 3 aromatic rings. The summed E-state index contributed by atoms with van der Waals surface area (Å²) in [4.78, 5) is 16.3. The van der Waals surface area contributed by atoms with E-state index in [9.17, 15) is 4.79 Å². The number of carbonyl (C=O) groups is 1. The van der Waals surface area contributed by atoms with Crippen LogP contribution in [0.15, 0.2) is 23.7 Å². The second kappa shape index (κ2) is 4.19. The third-order valence-corrected chi connectivity index (χ3v) is 3.82. The van der Waals surface area contributed by atoms with Crippen LogP contribution in [-0.4, -0.2) is 20.9 Å². The lowest BCUT2D eigenvalue weighted by Gasteiger charge is -2.02. The lowest BCUT2D eigenvalue weighted by molar-refractivity contribution is 0.111. The number of aromatic nitrogens is 3. The van der Waals surface area contributed by atoms with E-state index >= 15 is 0 Å². The molecule has 0 atom stereocenters. The van der Waals surface area contributed by atoms with Crippen molar-refractivity contribution in [2.24, 2.45) is 0 Å². The minimum Gasteiger partial charge on any atom is -0.296 e. The number of aryl methyl sites for hydroxylation is 1. The van der Waals surface area contributed by atoms with Crippen molar-refractivity contribution in [3.63, 3.8) is 0 Å². The predicted molar refractivity (Wildman–Crippen MR) is 71.4 cm³/mol. The van der Waals surface area contributed by atoms with Gasteiger partial charge in [-0.15, -0.1) is 0 Å². The fraction of sp³-hybridized carbons (Fsp3) is 0.0833. The maximum Gasteiger partial charge on any atom is 0.213 e. The molecule has 4 nitrogen and oxygen atoms in total. The number of nitrogens with zero attached hydrogens (tertiary/aromatic N) is 3. The van der Waals surface area contributed by atoms with Crippen molar-refractivity contribution < 1.29 is 4.79 Å². The monoisotopic (exact) mass is 277 g/mol. The number of carbonyl (C=O) groups excluding carboxylic acids is 1. The van der Waals surface area contributed by atoms with Crippen LogP contribution in [0.3, 0.4) is 0 Å². The molecule has 0 spiro atoms. The van der Waals surface area contributed by atoms with E-state index in [1.807, 2.05) is 25.1 Å². The SMILES string of the molecule is Cc1cc(-c2nc3scnn3c2C=O)ccc1Cl. The molecule has 18 heavy (non-hydrogen) atoms. The highest BCUT2D eigenvalue weighted by Gasteiger charge is 2.15. The van der Waals surface area contributed by atoms with E-state index in [4.69, 9.17) is 11.6 Å². The van der Waals surface area contributed by atoms with Gasteiger partial charge in [0.15, 0.2) is 6.29 Å². The maximum atomic E-state index is 11.2. The Morgan fingerprint density at radius 2 is 2.28 bits per heavy atom. The van der Waals surface area contributed by atoms with Crippen LogP contribution < -0.4 is 0 Å². The van der Waals surface area contributed by atoms with Crippen LogP contribution >= 0.6 is 22.9 Å². The fourth-order valence-corrected chi connectivity index (χ4v) is 2.56. The topological polar surface area (TPSA) is 47.3 Å². The molecule has 90 valence electrons. The first-order valence-corrected chi connectivity index (χ1v) is 6.50. The zero-order valence-electron chi connectivity index (χ0n) is 9.42. The van der Waals surface area contributed by atoms with Gasteiger partial charge in [0.2, 0.25) is 4.96 Å². The summed E-state index contributed by atoms with van der Waals surface area (Å²) in [5.74, 6) is 0. The van der Waals surface area contributed by atoms with Gasteiger partial charge in [-0.05, 0) is 24.6 Å². The molecule has 2 aromatic heterocycles. The fourth-order valence-electron chi connectivity index (χ4n) is 1.82. The van der Waals surface area contributed by atoms with Gasteiger partial charge in [0.05, 0.1) is 0 Å². The maximum absolute atomic E-state index is 11.2. The molecule has 0 aliphatic rings. The van der Waals surface area contributed by atoms with Crippen LogP contribution in [0.5, 0.6) is 0 Å². The Labute approximate surface area is 112 Å². The lowest BCUT2D eigenvalue weighted by Crippen LogP contribution is -1.93. The smallest absolute Gasteiger partial charge is 0.213 e. The minimum absolute atomic E-state index is 0.466. The normalized spacial score (nSPS) is 11.0. The predicted octanol–water partition coefficient (Wildman–Crippen LogP) is 3.23. The van der Waals surface area contributed by atoms with E-state index in [-0.39, 0.29) is 0 Å². The molecule has 0 bridgehead atoms. The van der Waals surface area contributed by atoms with E-state index in [2.05, 4.69) is 10.1 Å². The van der Waals surface area contributed by atoms with Crippen molar-refractivity contribution in [1.82, 2.24) is 14.6 Å². The third-order valence-electron chi connectivity index (χ3n) is 2.72. The largest absolute Gasteiger partial charge is 0.296 e. The zero-order chi connectivity index (χ0) is 12.7. The number of fused-ring (bicyclic) bond motifs is 1. The van der Waals surface area contributed by atoms with Crippen LogP contribution in [0.25, 0.3) is 16.2 Å². The summed E-state index contributed by atoms with van der Waals surface area (Å²) >= 11 is 7.39. The lowest BCUT2D eigenvalue weighted by atomic mass is 10.1. The van der Waals surface area contributed by atoms with Crippen molar-refractivity contribution in [2.45, 2.75) is 6.92 Å². The van der Waals surface area contributed by atoms with Gasteiger partial charge < -0.3 is 0 Å². The Hall–Kier alpha value is -1.72. The number of hydrogen-bond donors (Lipinski definition) is 0. The van der Waals surface area contributed by atoms with E-state index in [1.165, 1.54) is 11.3 Å². The molecule has 0 aliphatic heterocycles. The van der Waals surface area contributed by atoms with E-state index < -0.39 is 0 Å². The average molecular weight is 278 g/mol. The molecule has 0 unspecified atom stereocenters. The summed E-state index contributed by atoms with van der Waals surface area (Å²) in [5.41, 5.74) is 4.59. The Bertz CT molecular complexity index is 747. The van der Waals surface area contributed by atoms with E-state index in [0.29, 0.717) is 21.4 Å². The van der Waals surface area contributed by atoms with Gasteiger partial charge in [-0.3, -0.25) is 4.79 Å². The second-order valence-electron chi connectivity index (χ2n) is 3.86.